The summed E-state index contributed by atoms with van der Waals surface area (Å²) in [6.45, 7) is 2.06. The minimum Gasteiger partial charge on any atom is -0.454 e. The average Bonchev–Trinajstić information content (AvgIpc) is 3.15. The Labute approximate surface area is 161 Å². The molecule has 3 rings (SSSR count). The Morgan fingerprint density at radius 1 is 1.21 bits per heavy atom. The van der Waals surface area contributed by atoms with Crippen LogP contribution in [-0.4, -0.2) is 41.5 Å². The lowest BCUT2D eigenvalue weighted by Gasteiger charge is -2.22. The molecule has 0 spiro atoms. The molecule has 0 aliphatic carbocycles. The van der Waals surface area contributed by atoms with Crippen LogP contribution >= 0.6 is 0 Å². The van der Waals surface area contributed by atoms with Crippen LogP contribution in [-0.2, 0) is 11.3 Å². The van der Waals surface area contributed by atoms with E-state index in [9.17, 15) is 19.7 Å². The zero-order valence-electron chi connectivity index (χ0n) is 15.4. The van der Waals surface area contributed by atoms with E-state index >= 15 is 0 Å². The Balaban J connectivity index is 1.61. The van der Waals surface area contributed by atoms with E-state index in [-0.39, 0.29) is 24.0 Å². The second-order valence-electron chi connectivity index (χ2n) is 6.38. The van der Waals surface area contributed by atoms with Crippen LogP contribution in [0.15, 0.2) is 42.5 Å². The molecule has 2 aromatic rings. The largest absolute Gasteiger partial charge is 0.454 e. The molecule has 1 aliphatic heterocycles. The van der Waals surface area contributed by atoms with Crippen molar-refractivity contribution in [3.63, 3.8) is 0 Å². The smallest absolute Gasteiger partial charge is 0.270 e. The second-order valence-corrected chi connectivity index (χ2v) is 6.38. The van der Waals surface area contributed by atoms with Gasteiger partial charge in [-0.3, -0.25) is 19.7 Å². The third kappa shape index (κ3) is 4.20. The number of likely N-dealkylation sites (N-methyl/N-ethyl adjacent to an activating group) is 1. The molecule has 0 saturated carbocycles. The maximum absolute atomic E-state index is 12.6. The highest BCUT2D eigenvalue weighted by Gasteiger charge is 2.22. The van der Waals surface area contributed by atoms with Crippen molar-refractivity contribution in [3.8, 4) is 11.5 Å². The number of rotatable bonds is 6. The standard InChI is InChI=1S/C19H19N3O6/c1-12(20-18(23)14-4-3-5-15(9-14)22(25)26)19(24)21(2)10-13-6-7-16-17(8-13)28-11-27-16/h3-9,12H,10-11H2,1-2H3,(H,20,23)/t12-/m0/s1. The van der Waals surface area contributed by atoms with E-state index < -0.39 is 16.9 Å². The third-order valence-corrected chi connectivity index (χ3v) is 4.27. The Morgan fingerprint density at radius 2 is 1.96 bits per heavy atom. The number of hydrogen-bond acceptors (Lipinski definition) is 6. The Kier molecular flexibility index (Phi) is 5.44. The van der Waals surface area contributed by atoms with Crippen molar-refractivity contribution in [1.29, 1.82) is 0 Å². The van der Waals surface area contributed by atoms with Crippen LogP contribution in [0.25, 0.3) is 0 Å². The molecule has 0 aromatic heterocycles. The summed E-state index contributed by atoms with van der Waals surface area (Å²) in [6.07, 6.45) is 0. The summed E-state index contributed by atoms with van der Waals surface area (Å²) in [4.78, 5) is 36.6. The molecule has 146 valence electrons. The molecule has 0 unspecified atom stereocenters. The minimum atomic E-state index is -0.800. The van der Waals surface area contributed by atoms with Crippen molar-refractivity contribution in [2.24, 2.45) is 0 Å². The highest BCUT2D eigenvalue weighted by molar-refractivity contribution is 5.97. The molecular weight excluding hydrogens is 366 g/mol. The molecule has 2 amide bonds. The SMILES string of the molecule is C[C@H](NC(=O)c1cccc([N+](=O)[O-])c1)C(=O)N(C)Cc1ccc2c(c1)OCO2. The molecule has 9 nitrogen and oxygen atoms in total. The molecule has 1 heterocycles. The molecule has 1 aliphatic rings. The van der Waals surface area contributed by atoms with E-state index in [0.29, 0.717) is 18.0 Å². The van der Waals surface area contributed by atoms with Crippen molar-refractivity contribution < 1.29 is 24.0 Å². The quantitative estimate of drug-likeness (QED) is 0.602. The number of hydrogen-bond donors (Lipinski definition) is 1. The van der Waals surface area contributed by atoms with Gasteiger partial charge in [0.05, 0.1) is 4.92 Å². The highest BCUT2D eigenvalue weighted by Crippen LogP contribution is 2.32. The van der Waals surface area contributed by atoms with Crippen molar-refractivity contribution in [2.45, 2.75) is 19.5 Å². The molecule has 1 atom stereocenters. The number of carbonyl (C=O) groups excluding carboxylic acids is 2. The zero-order valence-corrected chi connectivity index (χ0v) is 15.4. The van der Waals surface area contributed by atoms with E-state index in [4.69, 9.17) is 9.47 Å². The van der Waals surface area contributed by atoms with Crippen molar-refractivity contribution >= 4 is 17.5 Å². The lowest BCUT2D eigenvalue weighted by Crippen LogP contribution is -2.45. The first-order chi connectivity index (χ1) is 13.3. The Bertz CT molecular complexity index is 930. The minimum absolute atomic E-state index is 0.118. The lowest BCUT2D eigenvalue weighted by molar-refractivity contribution is -0.384. The third-order valence-electron chi connectivity index (χ3n) is 4.27. The number of nitro groups is 1. The van der Waals surface area contributed by atoms with Gasteiger partial charge in [0.2, 0.25) is 12.7 Å². The van der Waals surface area contributed by atoms with Crippen LogP contribution in [0.5, 0.6) is 11.5 Å². The van der Waals surface area contributed by atoms with Gasteiger partial charge in [-0.2, -0.15) is 0 Å². The van der Waals surface area contributed by atoms with Crippen LogP contribution in [0.4, 0.5) is 5.69 Å². The molecule has 28 heavy (non-hydrogen) atoms. The number of carbonyl (C=O) groups is 2. The van der Waals surface area contributed by atoms with E-state index in [1.807, 2.05) is 6.07 Å². The first kappa shape index (κ1) is 19.2. The van der Waals surface area contributed by atoms with E-state index in [0.717, 1.165) is 5.56 Å². The topological polar surface area (TPSA) is 111 Å². The summed E-state index contributed by atoms with van der Waals surface area (Å²) < 4.78 is 10.6. The van der Waals surface area contributed by atoms with Crippen molar-refractivity contribution in [2.75, 3.05) is 13.8 Å². The molecule has 1 N–H and O–H groups in total. The molecule has 0 fully saturated rings. The van der Waals surface area contributed by atoms with Crippen LogP contribution in [0, 0.1) is 10.1 Å². The maximum atomic E-state index is 12.6. The van der Waals surface area contributed by atoms with Gasteiger partial charge < -0.3 is 19.7 Å². The second kappa shape index (κ2) is 7.95. The molecule has 0 saturated heterocycles. The van der Waals surface area contributed by atoms with Gasteiger partial charge in [0.25, 0.3) is 11.6 Å². The predicted molar refractivity (Wildman–Crippen MR) is 99.1 cm³/mol. The van der Waals surface area contributed by atoms with Gasteiger partial charge in [0.1, 0.15) is 6.04 Å². The van der Waals surface area contributed by atoms with E-state index in [1.54, 1.807) is 26.1 Å². The lowest BCUT2D eigenvalue weighted by atomic mass is 10.1. The summed E-state index contributed by atoms with van der Waals surface area (Å²) in [5, 5.41) is 13.4. The van der Waals surface area contributed by atoms with Gasteiger partial charge in [-0.25, -0.2) is 0 Å². The average molecular weight is 385 g/mol. The molecule has 9 heteroatoms. The first-order valence-electron chi connectivity index (χ1n) is 8.54. The summed E-state index contributed by atoms with van der Waals surface area (Å²) in [5.41, 5.74) is 0.788. The van der Waals surface area contributed by atoms with E-state index in [2.05, 4.69) is 5.32 Å². The fraction of sp³-hybridized carbons (Fsp3) is 0.263. The summed E-state index contributed by atoms with van der Waals surface area (Å²) in [5.74, 6) is 0.443. The molecule has 2 aromatic carbocycles. The number of non-ortho nitro benzene ring substituents is 1. The summed E-state index contributed by atoms with van der Waals surface area (Å²) >= 11 is 0. The number of nitrogens with zero attached hydrogens (tertiary/aromatic N) is 2. The van der Waals surface area contributed by atoms with Crippen LogP contribution < -0.4 is 14.8 Å². The number of ether oxygens (including phenoxy) is 2. The molecule has 0 bridgehead atoms. The maximum Gasteiger partial charge on any atom is 0.270 e. The number of nitrogens with one attached hydrogen (secondary N) is 1. The number of amides is 2. The predicted octanol–water partition coefficient (Wildman–Crippen LogP) is 2.10. The summed E-state index contributed by atoms with van der Waals surface area (Å²) in [7, 11) is 1.63. The highest BCUT2D eigenvalue weighted by atomic mass is 16.7. The number of nitro benzene ring substituents is 1. The fourth-order valence-electron chi connectivity index (χ4n) is 2.82. The van der Waals surface area contributed by atoms with Gasteiger partial charge >= 0.3 is 0 Å². The zero-order chi connectivity index (χ0) is 20.3. The number of fused-ring (bicyclic) bond motifs is 1. The van der Waals surface area contributed by atoms with Gasteiger partial charge in [0.15, 0.2) is 11.5 Å². The number of benzene rings is 2. The summed E-state index contributed by atoms with van der Waals surface area (Å²) in [6, 6.07) is 9.96. The monoisotopic (exact) mass is 385 g/mol. The molecule has 0 radical (unpaired) electrons. The van der Waals surface area contributed by atoms with Crippen molar-refractivity contribution in [1.82, 2.24) is 10.2 Å². The van der Waals surface area contributed by atoms with Gasteiger partial charge in [-0.15, -0.1) is 0 Å². The fourth-order valence-corrected chi connectivity index (χ4v) is 2.82. The van der Waals surface area contributed by atoms with Crippen LogP contribution in [0.1, 0.15) is 22.8 Å². The first-order valence-corrected chi connectivity index (χ1v) is 8.54. The van der Waals surface area contributed by atoms with Gasteiger partial charge in [-0.05, 0) is 30.7 Å². The molecular formula is C19H19N3O6. The Morgan fingerprint density at radius 3 is 2.71 bits per heavy atom. The van der Waals surface area contributed by atoms with E-state index in [1.165, 1.54) is 29.2 Å². The normalized spacial score (nSPS) is 12.9. The van der Waals surface area contributed by atoms with Gasteiger partial charge in [-0.1, -0.05) is 12.1 Å². The van der Waals surface area contributed by atoms with Crippen molar-refractivity contribution in [3.05, 3.63) is 63.7 Å². The van der Waals surface area contributed by atoms with Crippen LogP contribution in [0.3, 0.4) is 0 Å². The van der Waals surface area contributed by atoms with Crippen LogP contribution in [0.2, 0.25) is 0 Å². The van der Waals surface area contributed by atoms with Gasteiger partial charge in [0, 0.05) is 31.3 Å². The Hall–Kier alpha value is -3.62.